The van der Waals surface area contributed by atoms with Gasteiger partial charge in [0.25, 0.3) is 10.0 Å². The van der Waals surface area contributed by atoms with Crippen molar-refractivity contribution >= 4 is 27.5 Å². The number of nitrogens with one attached hydrogen (secondary N) is 1. The molecule has 0 saturated heterocycles. The van der Waals surface area contributed by atoms with Crippen LogP contribution in [0.25, 0.3) is 0 Å². The quantitative estimate of drug-likeness (QED) is 0.174. The van der Waals surface area contributed by atoms with E-state index in [9.17, 15) is 18.0 Å². The number of ether oxygens (including phenoxy) is 2. The summed E-state index contributed by atoms with van der Waals surface area (Å²) >= 11 is 0. The third-order valence-electron chi connectivity index (χ3n) is 8.14. The maximum absolute atomic E-state index is 14.7. The smallest absolute Gasteiger partial charge is 0.264 e. The average molecular weight is 658 g/mol. The first-order chi connectivity index (χ1) is 22.6. The van der Waals surface area contributed by atoms with E-state index in [1.807, 2.05) is 75.4 Å². The molecule has 1 N–H and O–H groups in total. The molecule has 0 bridgehead atoms. The second kappa shape index (κ2) is 16.1. The van der Waals surface area contributed by atoms with Crippen molar-refractivity contribution in [2.75, 3.05) is 25.1 Å². The summed E-state index contributed by atoms with van der Waals surface area (Å²) in [7, 11) is -1.40. The van der Waals surface area contributed by atoms with Crippen molar-refractivity contribution in [3.63, 3.8) is 0 Å². The van der Waals surface area contributed by atoms with Crippen molar-refractivity contribution < 1.29 is 27.5 Å². The maximum Gasteiger partial charge on any atom is 0.264 e. The summed E-state index contributed by atoms with van der Waals surface area (Å²) in [6.07, 6.45) is 0.933. The molecule has 0 heterocycles. The molecule has 0 aliphatic rings. The highest BCUT2D eigenvalue weighted by Crippen LogP contribution is 2.36. The Bertz CT molecular complexity index is 1750. The minimum absolute atomic E-state index is 0.00141. The Morgan fingerprint density at radius 3 is 2.11 bits per heavy atom. The molecule has 2 atom stereocenters. The monoisotopic (exact) mass is 657 g/mol. The van der Waals surface area contributed by atoms with Crippen LogP contribution < -0.4 is 19.1 Å². The number of aryl methyl sites for hydroxylation is 1. The van der Waals surface area contributed by atoms with Gasteiger partial charge < -0.3 is 19.7 Å². The van der Waals surface area contributed by atoms with E-state index in [2.05, 4.69) is 5.32 Å². The zero-order valence-corrected chi connectivity index (χ0v) is 28.4. The van der Waals surface area contributed by atoms with Gasteiger partial charge in [0.05, 0.1) is 24.8 Å². The Labute approximate surface area is 278 Å². The highest BCUT2D eigenvalue weighted by atomic mass is 32.2. The summed E-state index contributed by atoms with van der Waals surface area (Å²) in [6.45, 7) is 5.31. The summed E-state index contributed by atoms with van der Waals surface area (Å²) in [6, 6.07) is 28.7. The van der Waals surface area contributed by atoms with Crippen LogP contribution in [0.2, 0.25) is 0 Å². The number of amides is 2. The molecule has 4 aromatic carbocycles. The van der Waals surface area contributed by atoms with Crippen LogP contribution >= 0.6 is 0 Å². The molecule has 4 rings (SSSR count). The zero-order valence-electron chi connectivity index (χ0n) is 27.6. The lowest BCUT2D eigenvalue weighted by molar-refractivity contribution is -0.140. The van der Waals surface area contributed by atoms with E-state index in [0.717, 1.165) is 21.0 Å². The lowest BCUT2D eigenvalue weighted by Gasteiger charge is -2.35. The first kappa shape index (κ1) is 35.0. The molecule has 0 saturated carbocycles. The van der Waals surface area contributed by atoms with Gasteiger partial charge in [-0.1, -0.05) is 79.7 Å². The van der Waals surface area contributed by atoms with Crippen molar-refractivity contribution in [3.8, 4) is 11.5 Å². The fourth-order valence-corrected chi connectivity index (χ4v) is 6.63. The van der Waals surface area contributed by atoms with Gasteiger partial charge >= 0.3 is 0 Å². The number of carbonyl (C=O) groups excluding carboxylic acids is 2. The Balaban J connectivity index is 1.87. The molecule has 0 spiro atoms. The van der Waals surface area contributed by atoms with Gasteiger partial charge in [-0.05, 0) is 61.2 Å². The molecule has 0 fully saturated rings. The predicted octanol–water partition coefficient (Wildman–Crippen LogP) is 5.76. The van der Waals surface area contributed by atoms with Crippen LogP contribution in [0.15, 0.2) is 108 Å². The molecular formula is C37H43N3O6S. The second-order valence-electron chi connectivity index (χ2n) is 11.3. The van der Waals surface area contributed by atoms with Crippen molar-refractivity contribution in [2.24, 2.45) is 0 Å². The molecule has 2 unspecified atom stereocenters. The van der Waals surface area contributed by atoms with Gasteiger partial charge in [0.1, 0.15) is 24.1 Å². The van der Waals surface area contributed by atoms with E-state index < -0.39 is 28.5 Å². The van der Waals surface area contributed by atoms with Crippen molar-refractivity contribution in [2.45, 2.75) is 57.1 Å². The van der Waals surface area contributed by atoms with Crippen molar-refractivity contribution in [1.82, 2.24) is 10.2 Å². The zero-order chi connectivity index (χ0) is 34.0. The molecule has 0 aliphatic heterocycles. The van der Waals surface area contributed by atoms with E-state index >= 15 is 0 Å². The molecule has 10 heteroatoms. The van der Waals surface area contributed by atoms with Crippen LogP contribution in [0, 0.1) is 6.92 Å². The second-order valence-corrected chi connectivity index (χ2v) is 13.2. The van der Waals surface area contributed by atoms with Gasteiger partial charge in [0, 0.05) is 25.1 Å². The number of nitrogens with zero attached hydrogens (tertiary/aromatic N) is 2. The number of hydrogen-bond acceptors (Lipinski definition) is 6. The Morgan fingerprint density at radius 2 is 1.49 bits per heavy atom. The fourth-order valence-electron chi connectivity index (χ4n) is 5.19. The van der Waals surface area contributed by atoms with Crippen LogP contribution in [-0.4, -0.2) is 58.0 Å². The van der Waals surface area contributed by atoms with Gasteiger partial charge in [-0.2, -0.15) is 0 Å². The largest absolute Gasteiger partial charge is 0.497 e. The third kappa shape index (κ3) is 8.71. The number of sulfonamides is 1. The van der Waals surface area contributed by atoms with E-state index in [1.165, 1.54) is 37.3 Å². The van der Waals surface area contributed by atoms with Crippen LogP contribution in [0.4, 0.5) is 5.69 Å². The number of hydrogen-bond donors (Lipinski definition) is 1. The molecule has 47 heavy (non-hydrogen) atoms. The highest BCUT2D eigenvalue weighted by Gasteiger charge is 2.36. The van der Waals surface area contributed by atoms with Crippen LogP contribution in [-0.2, 0) is 32.6 Å². The first-order valence-corrected chi connectivity index (χ1v) is 17.0. The van der Waals surface area contributed by atoms with Gasteiger partial charge in [-0.3, -0.25) is 13.9 Å². The van der Waals surface area contributed by atoms with Gasteiger partial charge in [0.15, 0.2) is 0 Å². The first-order valence-electron chi connectivity index (χ1n) is 15.6. The Hall–Kier alpha value is -4.83. The Kier molecular flexibility index (Phi) is 12.0. The van der Waals surface area contributed by atoms with Crippen LogP contribution in [0.3, 0.4) is 0 Å². The topological polar surface area (TPSA) is 105 Å². The number of anilines is 1. The summed E-state index contributed by atoms with van der Waals surface area (Å²) < 4.78 is 40.7. The van der Waals surface area contributed by atoms with E-state index in [0.29, 0.717) is 12.2 Å². The van der Waals surface area contributed by atoms with E-state index in [4.69, 9.17) is 9.47 Å². The molecular weight excluding hydrogens is 614 g/mol. The van der Waals surface area contributed by atoms with Crippen molar-refractivity contribution in [3.05, 3.63) is 120 Å². The molecule has 0 aromatic heterocycles. The van der Waals surface area contributed by atoms with Crippen LogP contribution in [0.5, 0.6) is 11.5 Å². The molecule has 0 radical (unpaired) electrons. The number of carbonyl (C=O) groups is 2. The lowest BCUT2D eigenvalue weighted by atomic mass is 10.0. The third-order valence-corrected chi connectivity index (χ3v) is 9.91. The van der Waals surface area contributed by atoms with E-state index in [1.54, 1.807) is 30.3 Å². The standard InChI is InChI=1S/C37H43N3O6S/c1-6-28(3)38-37(42)34(23-29-16-9-7-10-17-29)39(25-30-18-14-13-15-27(30)2)36(41)26-40(47(43,44)32-19-11-8-12-20-32)33-24-31(45-4)21-22-35(33)46-5/h7-22,24,28,34H,6,23,25-26H2,1-5H3,(H,38,42). The summed E-state index contributed by atoms with van der Waals surface area (Å²) in [5.41, 5.74) is 2.77. The van der Waals surface area contributed by atoms with Crippen molar-refractivity contribution in [1.29, 1.82) is 0 Å². The Morgan fingerprint density at radius 1 is 0.851 bits per heavy atom. The lowest BCUT2D eigenvalue weighted by Crippen LogP contribution is -2.54. The normalized spacial score (nSPS) is 12.4. The summed E-state index contributed by atoms with van der Waals surface area (Å²) in [4.78, 5) is 30.2. The van der Waals surface area contributed by atoms with Gasteiger partial charge in [-0.25, -0.2) is 8.42 Å². The highest BCUT2D eigenvalue weighted by molar-refractivity contribution is 7.92. The SMILES string of the molecule is CCC(C)NC(=O)C(Cc1ccccc1)N(Cc1ccccc1C)C(=O)CN(c1cc(OC)ccc1OC)S(=O)(=O)c1ccccc1. The number of benzene rings is 4. The molecule has 248 valence electrons. The molecule has 9 nitrogen and oxygen atoms in total. The maximum atomic E-state index is 14.7. The number of methoxy groups -OCH3 is 2. The fraction of sp³-hybridized carbons (Fsp3) is 0.297. The molecule has 2 amide bonds. The van der Waals surface area contributed by atoms with Crippen LogP contribution in [0.1, 0.15) is 37.0 Å². The average Bonchev–Trinajstić information content (AvgIpc) is 3.09. The molecule has 0 aliphatic carbocycles. The van der Waals surface area contributed by atoms with Gasteiger partial charge in [-0.15, -0.1) is 0 Å². The number of rotatable bonds is 15. The van der Waals surface area contributed by atoms with Gasteiger partial charge in [0.2, 0.25) is 11.8 Å². The summed E-state index contributed by atoms with van der Waals surface area (Å²) in [5.74, 6) is -0.258. The van der Waals surface area contributed by atoms with E-state index in [-0.39, 0.29) is 41.2 Å². The molecule has 4 aromatic rings. The minimum Gasteiger partial charge on any atom is -0.497 e. The minimum atomic E-state index is -4.30. The predicted molar refractivity (Wildman–Crippen MR) is 184 cm³/mol. The summed E-state index contributed by atoms with van der Waals surface area (Å²) in [5, 5.41) is 3.06.